The standard InChI is InChI=1S/C12H18FNO2/c1-3-10(15)8-14-9-5-6-12(16-4-2)11(13)7-9/h5-7,10,14-15H,3-4,8H2,1-2H3. The first-order valence-corrected chi connectivity index (χ1v) is 5.51. The minimum Gasteiger partial charge on any atom is -0.491 e. The highest BCUT2D eigenvalue weighted by molar-refractivity contribution is 5.47. The monoisotopic (exact) mass is 227 g/mol. The van der Waals surface area contributed by atoms with Gasteiger partial charge in [-0.05, 0) is 25.5 Å². The first-order chi connectivity index (χ1) is 7.67. The third-order valence-electron chi connectivity index (χ3n) is 2.24. The SMILES string of the molecule is CCOc1ccc(NCC(O)CC)cc1F. The van der Waals surface area contributed by atoms with Gasteiger partial charge < -0.3 is 15.2 Å². The van der Waals surface area contributed by atoms with Gasteiger partial charge in [0.25, 0.3) is 0 Å². The highest BCUT2D eigenvalue weighted by Gasteiger charge is 2.05. The van der Waals surface area contributed by atoms with Crippen molar-refractivity contribution >= 4 is 5.69 Å². The maximum Gasteiger partial charge on any atom is 0.167 e. The van der Waals surface area contributed by atoms with Gasteiger partial charge >= 0.3 is 0 Å². The van der Waals surface area contributed by atoms with Gasteiger partial charge in [-0.3, -0.25) is 0 Å². The molecule has 90 valence electrons. The largest absolute Gasteiger partial charge is 0.491 e. The molecule has 0 saturated carbocycles. The van der Waals surface area contributed by atoms with Crippen molar-refractivity contribution in [1.29, 1.82) is 0 Å². The van der Waals surface area contributed by atoms with Gasteiger partial charge in [0, 0.05) is 18.3 Å². The van der Waals surface area contributed by atoms with Crippen LogP contribution < -0.4 is 10.1 Å². The first kappa shape index (κ1) is 12.8. The Morgan fingerprint density at radius 1 is 1.44 bits per heavy atom. The average molecular weight is 227 g/mol. The predicted octanol–water partition coefficient (Wildman–Crippen LogP) is 2.41. The Morgan fingerprint density at radius 2 is 2.19 bits per heavy atom. The van der Waals surface area contributed by atoms with Crippen LogP contribution >= 0.6 is 0 Å². The zero-order valence-corrected chi connectivity index (χ0v) is 9.66. The summed E-state index contributed by atoms with van der Waals surface area (Å²) in [6.07, 6.45) is 0.265. The molecule has 0 saturated heterocycles. The molecule has 0 spiro atoms. The van der Waals surface area contributed by atoms with Crippen LogP contribution in [0.5, 0.6) is 5.75 Å². The van der Waals surface area contributed by atoms with Crippen molar-refractivity contribution in [1.82, 2.24) is 0 Å². The maximum absolute atomic E-state index is 13.4. The van der Waals surface area contributed by atoms with Crippen LogP contribution in [0.25, 0.3) is 0 Å². The van der Waals surface area contributed by atoms with Crippen molar-refractivity contribution in [2.75, 3.05) is 18.5 Å². The zero-order valence-electron chi connectivity index (χ0n) is 9.66. The molecule has 1 unspecified atom stereocenters. The topological polar surface area (TPSA) is 41.5 Å². The van der Waals surface area contributed by atoms with E-state index in [4.69, 9.17) is 4.74 Å². The van der Waals surface area contributed by atoms with Gasteiger partial charge in [-0.2, -0.15) is 0 Å². The average Bonchev–Trinajstić information content (AvgIpc) is 2.29. The Bertz CT molecular complexity index is 331. The van der Waals surface area contributed by atoms with Gasteiger partial charge in [0.05, 0.1) is 12.7 Å². The molecule has 2 N–H and O–H groups in total. The quantitative estimate of drug-likeness (QED) is 0.784. The van der Waals surface area contributed by atoms with Crippen LogP contribution in [-0.4, -0.2) is 24.4 Å². The summed E-state index contributed by atoms with van der Waals surface area (Å²) < 4.78 is 18.5. The molecule has 1 rings (SSSR count). The summed E-state index contributed by atoms with van der Waals surface area (Å²) >= 11 is 0. The molecule has 1 aromatic carbocycles. The number of aliphatic hydroxyl groups is 1. The number of nitrogens with one attached hydrogen (secondary N) is 1. The number of hydrogen-bond acceptors (Lipinski definition) is 3. The van der Waals surface area contributed by atoms with Crippen molar-refractivity contribution < 1.29 is 14.2 Å². The molecule has 1 aromatic rings. The molecule has 0 aliphatic heterocycles. The molecule has 0 aliphatic carbocycles. The summed E-state index contributed by atoms with van der Waals surface area (Å²) in [5.41, 5.74) is 0.647. The highest BCUT2D eigenvalue weighted by Crippen LogP contribution is 2.21. The van der Waals surface area contributed by atoms with Crippen molar-refractivity contribution in [2.45, 2.75) is 26.4 Å². The van der Waals surface area contributed by atoms with E-state index >= 15 is 0 Å². The fourth-order valence-corrected chi connectivity index (χ4v) is 1.26. The molecule has 0 radical (unpaired) electrons. The lowest BCUT2D eigenvalue weighted by Crippen LogP contribution is -2.18. The lowest BCUT2D eigenvalue weighted by molar-refractivity contribution is 0.183. The van der Waals surface area contributed by atoms with E-state index in [1.165, 1.54) is 6.07 Å². The van der Waals surface area contributed by atoms with Gasteiger partial charge in [0.1, 0.15) is 0 Å². The van der Waals surface area contributed by atoms with Crippen LogP contribution in [0.1, 0.15) is 20.3 Å². The summed E-state index contributed by atoms with van der Waals surface area (Å²) in [5.74, 6) is -0.137. The molecule has 0 aromatic heterocycles. The number of anilines is 1. The van der Waals surface area contributed by atoms with Gasteiger partial charge in [-0.15, -0.1) is 0 Å². The van der Waals surface area contributed by atoms with Crippen molar-refractivity contribution in [3.05, 3.63) is 24.0 Å². The van der Waals surface area contributed by atoms with Crippen LogP contribution in [0.2, 0.25) is 0 Å². The minimum absolute atomic E-state index is 0.254. The van der Waals surface area contributed by atoms with Gasteiger partial charge in [0.2, 0.25) is 0 Å². The highest BCUT2D eigenvalue weighted by atomic mass is 19.1. The number of aliphatic hydroxyl groups excluding tert-OH is 1. The molecule has 0 heterocycles. The summed E-state index contributed by atoms with van der Waals surface area (Å²) in [7, 11) is 0. The summed E-state index contributed by atoms with van der Waals surface area (Å²) in [4.78, 5) is 0. The molecule has 1 atom stereocenters. The van der Waals surface area contributed by atoms with E-state index in [2.05, 4.69) is 5.32 Å². The summed E-state index contributed by atoms with van der Waals surface area (Å²) in [5, 5.41) is 12.3. The molecule has 0 aliphatic rings. The van der Waals surface area contributed by atoms with Gasteiger partial charge in [-0.1, -0.05) is 6.92 Å². The molecule has 3 nitrogen and oxygen atoms in total. The molecule has 0 fully saturated rings. The maximum atomic E-state index is 13.4. The Balaban J connectivity index is 2.59. The van der Waals surface area contributed by atoms with Crippen LogP contribution in [0.3, 0.4) is 0 Å². The fraction of sp³-hybridized carbons (Fsp3) is 0.500. The van der Waals surface area contributed by atoms with E-state index in [-0.39, 0.29) is 5.75 Å². The summed E-state index contributed by atoms with van der Waals surface area (Å²) in [6.45, 7) is 4.57. The molecule has 16 heavy (non-hydrogen) atoms. The Hall–Kier alpha value is -1.29. The first-order valence-electron chi connectivity index (χ1n) is 5.51. The van der Waals surface area contributed by atoms with E-state index in [1.807, 2.05) is 13.8 Å². The number of ether oxygens (including phenoxy) is 1. The lowest BCUT2D eigenvalue weighted by Gasteiger charge is -2.11. The normalized spacial score (nSPS) is 12.2. The molecular weight excluding hydrogens is 209 g/mol. The van der Waals surface area contributed by atoms with E-state index < -0.39 is 11.9 Å². The lowest BCUT2D eigenvalue weighted by atomic mass is 10.2. The number of rotatable bonds is 6. The van der Waals surface area contributed by atoms with Crippen LogP contribution in [0.4, 0.5) is 10.1 Å². The zero-order chi connectivity index (χ0) is 12.0. The second kappa shape index (κ2) is 6.33. The molecule has 0 bridgehead atoms. The minimum atomic E-state index is -0.408. The van der Waals surface area contributed by atoms with Crippen LogP contribution in [0, 0.1) is 5.82 Å². The van der Waals surface area contributed by atoms with E-state index in [0.717, 1.165) is 0 Å². The van der Waals surface area contributed by atoms with E-state index in [0.29, 0.717) is 25.3 Å². The van der Waals surface area contributed by atoms with Crippen molar-refractivity contribution in [3.8, 4) is 5.75 Å². The predicted molar refractivity (Wildman–Crippen MR) is 62.4 cm³/mol. The van der Waals surface area contributed by atoms with E-state index in [1.54, 1.807) is 12.1 Å². The summed E-state index contributed by atoms with van der Waals surface area (Å²) in [6, 6.07) is 4.68. The Kier molecular flexibility index (Phi) is 5.05. The van der Waals surface area contributed by atoms with Crippen LogP contribution in [-0.2, 0) is 0 Å². The van der Waals surface area contributed by atoms with Crippen LogP contribution in [0.15, 0.2) is 18.2 Å². The second-order valence-corrected chi connectivity index (χ2v) is 3.52. The van der Waals surface area contributed by atoms with E-state index in [9.17, 15) is 9.50 Å². The molecule has 0 amide bonds. The third-order valence-corrected chi connectivity index (χ3v) is 2.24. The van der Waals surface area contributed by atoms with Gasteiger partial charge in [-0.25, -0.2) is 4.39 Å². The van der Waals surface area contributed by atoms with Crippen molar-refractivity contribution in [2.24, 2.45) is 0 Å². The molecular formula is C12H18FNO2. The fourth-order valence-electron chi connectivity index (χ4n) is 1.26. The Labute approximate surface area is 95.2 Å². The number of hydrogen-bond donors (Lipinski definition) is 2. The number of halogens is 1. The Morgan fingerprint density at radius 3 is 2.75 bits per heavy atom. The molecule has 4 heteroatoms. The third kappa shape index (κ3) is 3.70. The van der Waals surface area contributed by atoms with Gasteiger partial charge in [0.15, 0.2) is 11.6 Å². The smallest absolute Gasteiger partial charge is 0.167 e. The number of benzene rings is 1. The van der Waals surface area contributed by atoms with Crippen molar-refractivity contribution in [3.63, 3.8) is 0 Å². The second-order valence-electron chi connectivity index (χ2n) is 3.52.